The van der Waals surface area contributed by atoms with Crippen LogP contribution in [0.4, 0.5) is 5.13 Å². The second-order valence-electron chi connectivity index (χ2n) is 5.89. The quantitative estimate of drug-likeness (QED) is 0.884. The van der Waals surface area contributed by atoms with Crippen LogP contribution in [0.25, 0.3) is 0 Å². The summed E-state index contributed by atoms with van der Waals surface area (Å²) in [6.07, 6.45) is 5.50. The number of imidazole rings is 1. The van der Waals surface area contributed by atoms with Gasteiger partial charge in [-0.15, -0.1) is 11.3 Å². The zero-order valence-corrected chi connectivity index (χ0v) is 14.3. The summed E-state index contributed by atoms with van der Waals surface area (Å²) in [6, 6.07) is 0.396. The van der Waals surface area contributed by atoms with E-state index in [0.29, 0.717) is 17.7 Å². The van der Waals surface area contributed by atoms with Crippen LogP contribution in [-0.2, 0) is 18.4 Å². The average Bonchev–Trinajstić information content (AvgIpc) is 3.14. The van der Waals surface area contributed by atoms with Crippen molar-refractivity contribution in [1.29, 1.82) is 0 Å². The molecule has 7 nitrogen and oxygen atoms in total. The SMILES string of the molecule is C[C@@H]1CN(CC(=O)Nc2nccs2)CCN1Cc1nccn1C. The fraction of sp³-hybridized carbons (Fsp3) is 0.533. The van der Waals surface area contributed by atoms with Crippen LogP contribution in [-0.4, -0.2) is 62.5 Å². The number of piperazine rings is 1. The monoisotopic (exact) mass is 334 g/mol. The number of hydrogen-bond donors (Lipinski definition) is 1. The molecule has 1 atom stereocenters. The number of thiazole rings is 1. The maximum atomic E-state index is 12.1. The van der Waals surface area contributed by atoms with Crippen molar-refractivity contribution in [1.82, 2.24) is 24.3 Å². The lowest BCUT2D eigenvalue weighted by Crippen LogP contribution is -2.53. The predicted molar refractivity (Wildman–Crippen MR) is 90.3 cm³/mol. The third-order valence-corrected chi connectivity index (χ3v) is 4.85. The minimum Gasteiger partial charge on any atom is -0.337 e. The van der Waals surface area contributed by atoms with Crippen LogP contribution in [0.15, 0.2) is 24.0 Å². The van der Waals surface area contributed by atoms with Crippen LogP contribution in [0.1, 0.15) is 12.7 Å². The van der Waals surface area contributed by atoms with Crippen LogP contribution >= 0.6 is 11.3 Å². The van der Waals surface area contributed by atoms with Crippen molar-refractivity contribution in [2.75, 3.05) is 31.5 Å². The van der Waals surface area contributed by atoms with E-state index in [0.717, 1.165) is 32.0 Å². The molecule has 0 unspecified atom stereocenters. The van der Waals surface area contributed by atoms with Crippen molar-refractivity contribution in [3.8, 4) is 0 Å². The van der Waals surface area contributed by atoms with E-state index in [9.17, 15) is 4.79 Å². The molecule has 0 spiro atoms. The van der Waals surface area contributed by atoms with Gasteiger partial charge >= 0.3 is 0 Å². The van der Waals surface area contributed by atoms with Gasteiger partial charge in [0.25, 0.3) is 0 Å². The van der Waals surface area contributed by atoms with E-state index in [1.807, 2.05) is 24.8 Å². The molecule has 1 saturated heterocycles. The van der Waals surface area contributed by atoms with E-state index in [-0.39, 0.29) is 5.91 Å². The molecule has 8 heteroatoms. The third-order valence-electron chi connectivity index (χ3n) is 4.16. The molecule has 23 heavy (non-hydrogen) atoms. The zero-order chi connectivity index (χ0) is 16.2. The first-order chi connectivity index (χ1) is 11.1. The highest BCUT2D eigenvalue weighted by molar-refractivity contribution is 7.13. The molecule has 2 aromatic heterocycles. The molecular formula is C15H22N6OS. The van der Waals surface area contributed by atoms with Crippen molar-refractivity contribution in [3.63, 3.8) is 0 Å². The Balaban J connectivity index is 1.48. The van der Waals surface area contributed by atoms with Gasteiger partial charge in [0.2, 0.25) is 5.91 Å². The lowest BCUT2D eigenvalue weighted by Gasteiger charge is -2.39. The highest BCUT2D eigenvalue weighted by Crippen LogP contribution is 2.14. The number of aryl methyl sites for hydroxylation is 1. The summed E-state index contributed by atoms with van der Waals surface area (Å²) in [4.78, 5) is 25.1. The molecule has 0 aliphatic carbocycles. The number of nitrogens with one attached hydrogen (secondary N) is 1. The first kappa shape index (κ1) is 16.1. The van der Waals surface area contributed by atoms with Gasteiger partial charge in [0.05, 0.1) is 13.1 Å². The maximum Gasteiger partial charge on any atom is 0.240 e. The summed E-state index contributed by atoms with van der Waals surface area (Å²) in [6.45, 7) is 6.19. The van der Waals surface area contributed by atoms with Crippen LogP contribution in [0.3, 0.4) is 0 Å². The molecule has 3 heterocycles. The van der Waals surface area contributed by atoms with Crippen LogP contribution in [0.5, 0.6) is 0 Å². The van der Waals surface area contributed by atoms with Crippen molar-refractivity contribution in [3.05, 3.63) is 29.8 Å². The smallest absolute Gasteiger partial charge is 0.240 e. The van der Waals surface area contributed by atoms with Gasteiger partial charge in [-0.1, -0.05) is 0 Å². The Labute approximate surface area is 139 Å². The minimum absolute atomic E-state index is 0.00435. The Morgan fingerprint density at radius 2 is 2.26 bits per heavy atom. The van der Waals surface area contributed by atoms with E-state index in [2.05, 4.69) is 36.6 Å². The summed E-state index contributed by atoms with van der Waals surface area (Å²) in [5.41, 5.74) is 0. The van der Waals surface area contributed by atoms with E-state index in [1.165, 1.54) is 11.3 Å². The van der Waals surface area contributed by atoms with Gasteiger partial charge in [-0.2, -0.15) is 0 Å². The zero-order valence-electron chi connectivity index (χ0n) is 13.5. The number of carbonyl (C=O) groups excluding carboxylic acids is 1. The van der Waals surface area contributed by atoms with Gasteiger partial charge < -0.3 is 9.88 Å². The molecule has 1 N–H and O–H groups in total. The standard InChI is InChI=1S/C15H22N6OS/c1-12-9-20(11-14(22)18-15-17-4-8-23-15)6-7-21(12)10-13-16-3-5-19(13)2/h3-5,8,12H,6-7,9-11H2,1-2H3,(H,17,18,22)/t12-/m1/s1. The molecule has 0 radical (unpaired) electrons. The van der Waals surface area contributed by atoms with Crippen molar-refractivity contribution in [2.45, 2.75) is 19.5 Å². The average molecular weight is 334 g/mol. The van der Waals surface area contributed by atoms with Gasteiger partial charge in [-0.3, -0.25) is 14.6 Å². The van der Waals surface area contributed by atoms with Crippen molar-refractivity contribution in [2.24, 2.45) is 7.05 Å². The van der Waals surface area contributed by atoms with Crippen LogP contribution < -0.4 is 5.32 Å². The summed E-state index contributed by atoms with van der Waals surface area (Å²) in [5.74, 6) is 1.08. The third kappa shape index (κ3) is 4.15. The van der Waals surface area contributed by atoms with Gasteiger partial charge in [-0.25, -0.2) is 9.97 Å². The van der Waals surface area contributed by atoms with Crippen molar-refractivity contribution < 1.29 is 4.79 Å². The topological polar surface area (TPSA) is 66.3 Å². The Hall–Kier alpha value is -1.77. The number of aromatic nitrogens is 3. The molecule has 124 valence electrons. The molecule has 1 aliphatic rings. The number of rotatable bonds is 5. The molecule has 0 aromatic carbocycles. The highest BCUT2D eigenvalue weighted by atomic mass is 32.1. The lowest BCUT2D eigenvalue weighted by molar-refractivity contribution is -0.118. The predicted octanol–water partition coefficient (Wildman–Crippen LogP) is 1.02. The summed E-state index contributed by atoms with van der Waals surface area (Å²) < 4.78 is 2.06. The summed E-state index contributed by atoms with van der Waals surface area (Å²) in [5, 5.41) is 5.36. The van der Waals surface area contributed by atoms with Gasteiger partial charge in [-0.05, 0) is 6.92 Å². The number of anilines is 1. The van der Waals surface area contributed by atoms with Gasteiger partial charge in [0, 0.05) is 56.7 Å². The fourth-order valence-electron chi connectivity index (χ4n) is 2.83. The first-order valence-electron chi connectivity index (χ1n) is 7.74. The molecule has 1 aliphatic heterocycles. The Morgan fingerprint density at radius 1 is 1.39 bits per heavy atom. The second kappa shape index (κ2) is 7.20. The Bertz CT molecular complexity index is 640. The van der Waals surface area contributed by atoms with Crippen molar-refractivity contribution >= 4 is 22.4 Å². The Kier molecular flexibility index (Phi) is 5.04. The highest BCUT2D eigenvalue weighted by Gasteiger charge is 2.25. The lowest BCUT2D eigenvalue weighted by atomic mass is 10.2. The van der Waals surface area contributed by atoms with Gasteiger partial charge in [0.1, 0.15) is 5.82 Å². The van der Waals surface area contributed by atoms with Crippen LogP contribution in [0, 0.1) is 0 Å². The molecule has 3 rings (SSSR count). The molecule has 1 fully saturated rings. The number of amides is 1. The number of hydrogen-bond acceptors (Lipinski definition) is 6. The summed E-state index contributed by atoms with van der Waals surface area (Å²) >= 11 is 1.44. The van der Waals surface area contributed by atoms with Gasteiger partial charge in [0.15, 0.2) is 5.13 Å². The molecule has 1 amide bonds. The van der Waals surface area contributed by atoms with E-state index < -0.39 is 0 Å². The maximum absolute atomic E-state index is 12.1. The number of nitrogens with zero attached hydrogens (tertiary/aromatic N) is 5. The summed E-state index contributed by atoms with van der Waals surface area (Å²) in [7, 11) is 2.02. The fourth-order valence-corrected chi connectivity index (χ4v) is 3.37. The first-order valence-corrected chi connectivity index (χ1v) is 8.61. The largest absolute Gasteiger partial charge is 0.337 e. The second-order valence-corrected chi connectivity index (χ2v) is 6.79. The van der Waals surface area contributed by atoms with E-state index in [1.54, 1.807) is 6.20 Å². The van der Waals surface area contributed by atoms with E-state index >= 15 is 0 Å². The van der Waals surface area contributed by atoms with E-state index in [4.69, 9.17) is 0 Å². The molecule has 2 aromatic rings. The molecule has 0 saturated carbocycles. The Morgan fingerprint density at radius 3 is 2.91 bits per heavy atom. The minimum atomic E-state index is 0.00435. The number of carbonyl (C=O) groups is 1. The molecular weight excluding hydrogens is 312 g/mol. The normalized spacial score (nSPS) is 19.8. The molecule has 0 bridgehead atoms. The van der Waals surface area contributed by atoms with Crippen LogP contribution in [0.2, 0.25) is 0 Å².